The van der Waals surface area contributed by atoms with Crippen LogP contribution in [0.1, 0.15) is 50.2 Å². The van der Waals surface area contributed by atoms with E-state index in [9.17, 15) is 4.79 Å². The summed E-state index contributed by atoms with van der Waals surface area (Å²) in [5, 5.41) is 1.90. The van der Waals surface area contributed by atoms with E-state index in [0.717, 1.165) is 43.1 Å². The van der Waals surface area contributed by atoms with E-state index >= 15 is 0 Å². The molecule has 0 spiro atoms. The van der Waals surface area contributed by atoms with Gasteiger partial charge in [0, 0.05) is 48.5 Å². The molecule has 0 radical (unpaired) electrons. The fraction of sp³-hybridized carbons (Fsp3) is 0.500. The fourth-order valence-corrected chi connectivity index (χ4v) is 4.36. The van der Waals surface area contributed by atoms with E-state index < -0.39 is 0 Å². The average molecular weight is 357 g/mol. The smallest absolute Gasteiger partial charge is 0.258 e. The third kappa shape index (κ3) is 3.26. The molecule has 0 aromatic carbocycles. The molecule has 1 saturated heterocycles. The summed E-state index contributed by atoms with van der Waals surface area (Å²) in [6.45, 7) is 7.17. The molecule has 0 aliphatic carbocycles. The molecule has 3 aromatic heterocycles. The second-order valence-corrected chi connectivity index (χ2v) is 7.85. The van der Waals surface area contributed by atoms with Crippen LogP contribution in [0.2, 0.25) is 0 Å². The quantitative estimate of drug-likeness (QED) is 0.720. The third-order valence-corrected chi connectivity index (χ3v) is 5.71. The molecule has 0 atom stereocenters. The van der Waals surface area contributed by atoms with Gasteiger partial charge in [0.2, 0.25) is 0 Å². The van der Waals surface area contributed by atoms with Crippen molar-refractivity contribution in [1.82, 2.24) is 23.8 Å². The van der Waals surface area contributed by atoms with E-state index in [1.54, 1.807) is 16.7 Å². The van der Waals surface area contributed by atoms with Crippen molar-refractivity contribution in [2.75, 3.05) is 13.1 Å². The highest BCUT2D eigenvalue weighted by Gasteiger charge is 2.24. The maximum absolute atomic E-state index is 12.1. The Hall–Kier alpha value is -1.99. The molecule has 1 aliphatic rings. The summed E-state index contributed by atoms with van der Waals surface area (Å²) in [6.07, 6.45) is 7.98. The van der Waals surface area contributed by atoms with Gasteiger partial charge in [-0.1, -0.05) is 0 Å². The van der Waals surface area contributed by atoms with Gasteiger partial charge in [-0.05, 0) is 39.8 Å². The Kier molecular flexibility index (Phi) is 4.43. The lowest BCUT2D eigenvalue weighted by Crippen LogP contribution is -2.34. The molecule has 0 unspecified atom stereocenters. The van der Waals surface area contributed by atoms with E-state index in [4.69, 9.17) is 0 Å². The van der Waals surface area contributed by atoms with Crippen LogP contribution in [0.3, 0.4) is 0 Å². The molecule has 6 nitrogen and oxygen atoms in total. The molecule has 7 heteroatoms. The first kappa shape index (κ1) is 16.5. The van der Waals surface area contributed by atoms with Crippen molar-refractivity contribution in [2.45, 2.75) is 45.2 Å². The van der Waals surface area contributed by atoms with E-state index in [0.29, 0.717) is 12.0 Å². The average Bonchev–Trinajstić information content (AvgIpc) is 3.24. The van der Waals surface area contributed by atoms with Crippen LogP contribution in [0, 0.1) is 0 Å². The zero-order chi connectivity index (χ0) is 17.4. The maximum Gasteiger partial charge on any atom is 0.258 e. The Labute approximate surface area is 150 Å². The number of piperidine rings is 1. The van der Waals surface area contributed by atoms with Crippen molar-refractivity contribution in [3.63, 3.8) is 0 Å². The normalized spacial score (nSPS) is 16.9. The molecule has 132 valence electrons. The largest absolute Gasteiger partial charge is 0.332 e. The van der Waals surface area contributed by atoms with E-state index in [1.165, 1.54) is 17.2 Å². The SMILES string of the molecule is CC(C)n1ccnc1C1CCN(Cc2cc(=O)n3ccsc3n2)CC1. The molecule has 1 aliphatic heterocycles. The Morgan fingerprint density at radius 3 is 2.84 bits per heavy atom. The molecule has 1 fully saturated rings. The summed E-state index contributed by atoms with van der Waals surface area (Å²) in [5.74, 6) is 1.73. The summed E-state index contributed by atoms with van der Waals surface area (Å²) in [6, 6.07) is 2.11. The number of rotatable bonds is 4. The minimum atomic E-state index is 0.00935. The van der Waals surface area contributed by atoms with Crippen LogP contribution in [0.15, 0.2) is 34.8 Å². The second-order valence-electron chi connectivity index (χ2n) is 6.98. The van der Waals surface area contributed by atoms with Gasteiger partial charge in [-0.25, -0.2) is 9.97 Å². The highest BCUT2D eigenvalue weighted by atomic mass is 32.1. The number of imidazole rings is 1. The van der Waals surface area contributed by atoms with E-state index in [1.807, 2.05) is 11.6 Å². The van der Waals surface area contributed by atoms with Crippen molar-refractivity contribution in [2.24, 2.45) is 0 Å². The molecule has 0 N–H and O–H groups in total. The monoisotopic (exact) mass is 357 g/mol. The minimum absolute atomic E-state index is 0.00935. The molecule has 3 aromatic rings. The summed E-state index contributed by atoms with van der Waals surface area (Å²) >= 11 is 1.50. The van der Waals surface area contributed by atoms with E-state index in [2.05, 4.69) is 39.5 Å². The summed E-state index contributed by atoms with van der Waals surface area (Å²) in [5.41, 5.74) is 0.879. The van der Waals surface area contributed by atoms with Crippen LogP contribution in [0.5, 0.6) is 0 Å². The Morgan fingerprint density at radius 2 is 2.08 bits per heavy atom. The van der Waals surface area contributed by atoms with Crippen LogP contribution in [0.4, 0.5) is 0 Å². The van der Waals surface area contributed by atoms with E-state index in [-0.39, 0.29) is 5.56 Å². The standard InChI is InChI=1S/C18H23N5OS/c1-13(2)22-8-5-19-17(22)14-3-6-21(7-4-14)12-15-11-16(24)23-9-10-25-18(23)20-15/h5,8-11,13-14H,3-4,6-7,12H2,1-2H3. The lowest BCUT2D eigenvalue weighted by atomic mass is 9.95. The second kappa shape index (κ2) is 6.72. The molecular formula is C18H23N5OS. The first-order valence-corrected chi connectivity index (χ1v) is 9.70. The summed E-state index contributed by atoms with van der Waals surface area (Å²) in [4.78, 5) is 24.5. The lowest BCUT2D eigenvalue weighted by Gasteiger charge is -2.32. The lowest BCUT2D eigenvalue weighted by molar-refractivity contribution is 0.197. The number of nitrogens with zero attached hydrogens (tertiary/aromatic N) is 5. The predicted octanol–water partition coefficient (Wildman–Crippen LogP) is 2.91. The molecule has 0 amide bonds. The fourth-order valence-electron chi connectivity index (χ4n) is 3.62. The van der Waals surface area contributed by atoms with Gasteiger partial charge in [-0.15, -0.1) is 11.3 Å². The maximum atomic E-state index is 12.1. The molecular weight excluding hydrogens is 334 g/mol. The third-order valence-electron chi connectivity index (χ3n) is 4.95. The highest BCUT2D eigenvalue weighted by molar-refractivity contribution is 7.15. The summed E-state index contributed by atoms with van der Waals surface area (Å²) in [7, 11) is 0. The molecule has 4 heterocycles. The number of likely N-dealkylation sites (tertiary alicyclic amines) is 1. The number of aromatic nitrogens is 4. The molecule has 25 heavy (non-hydrogen) atoms. The number of hydrogen-bond donors (Lipinski definition) is 0. The van der Waals surface area contributed by atoms with Gasteiger partial charge in [0.1, 0.15) is 5.82 Å². The van der Waals surface area contributed by atoms with Gasteiger partial charge < -0.3 is 4.57 Å². The van der Waals surface area contributed by atoms with Crippen molar-refractivity contribution < 1.29 is 0 Å². The number of fused-ring (bicyclic) bond motifs is 1. The zero-order valence-corrected chi connectivity index (χ0v) is 15.4. The van der Waals surface area contributed by atoms with Crippen LogP contribution >= 0.6 is 11.3 Å². The van der Waals surface area contributed by atoms with Crippen LogP contribution in [-0.4, -0.2) is 36.9 Å². The van der Waals surface area contributed by atoms with Gasteiger partial charge in [0.05, 0.1) is 5.69 Å². The topological polar surface area (TPSA) is 55.4 Å². The number of thiazole rings is 1. The molecule has 0 bridgehead atoms. The van der Waals surface area contributed by atoms with Gasteiger partial charge in [0.15, 0.2) is 4.96 Å². The van der Waals surface area contributed by atoms with Crippen molar-refractivity contribution in [1.29, 1.82) is 0 Å². The van der Waals surface area contributed by atoms with Crippen LogP contribution < -0.4 is 5.56 Å². The van der Waals surface area contributed by atoms with Gasteiger partial charge >= 0.3 is 0 Å². The molecule has 0 saturated carbocycles. The Morgan fingerprint density at radius 1 is 1.28 bits per heavy atom. The first-order chi connectivity index (χ1) is 12.1. The van der Waals surface area contributed by atoms with Crippen molar-refractivity contribution in [3.8, 4) is 0 Å². The number of hydrogen-bond acceptors (Lipinski definition) is 5. The van der Waals surface area contributed by atoms with Crippen LogP contribution in [0.25, 0.3) is 4.96 Å². The van der Waals surface area contributed by atoms with Crippen molar-refractivity contribution >= 4 is 16.3 Å². The van der Waals surface area contributed by atoms with Gasteiger partial charge in [-0.2, -0.15) is 0 Å². The zero-order valence-electron chi connectivity index (χ0n) is 14.6. The Balaban J connectivity index is 1.43. The highest BCUT2D eigenvalue weighted by Crippen LogP contribution is 2.29. The minimum Gasteiger partial charge on any atom is -0.332 e. The van der Waals surface area contributed by atoms with Gasteiger partial charge in [-0.3, -0.25) is 14.1 Å². The van der Waals surface area contributed by atoms with Gasteiger partial charge in [0.25, 0.3) is 5.56 Å². The Bertz CT molecular complexity index is 917. The predicted molar refractivity (Wildman–Crippen MR) is 99.2 cm³/mol. The molecule has 4 rings (SSSR count). The van der Waals surface area contributed by atoms with Crippen LogP contribution in [-0.2, 0) is 6.54 Å². The van der Waals surface area contributed by atoms with Crippen molar-refractivity contribution in [3.05, 3.63) is 51.9 Å². The first-order valence-electron chi connectivity index (χ1n) is 8.82. The summed E-state index contributed by atoms with van der Waals surface area (Å²) < 4.78 is 3.89.